The van der Waals surface area contributed by atoms with Crippen LogP contribution in [-0.2, 0) is 6.42 Å². The lowest BCUT2D eigenvalue weighted by atomic mass is 10.2. The van der Waals surface area contributed by atoms with Crippen LogP contribution in [-0.4, -0.2) is 15.0 Å². The molecule has 0 saturated carbocycles. The quantitative estimate of drug-likeness (QED) is 0.854. The van der Waals surface area contributed by atoms with Crippen molar-refractivity contribution in [3.05, 3.63) is 33.2 Å². The third-order valence-corrected chi connectivity index (χ3v) is 3.60. The Morgan fingerprint density at radius 2 is 2.12 bits per heavy atom. The van der Waals surface area contributed by atoms with Crippen LogP contribution in [0, 0.1) is 10.5 Å². The highest BCUT2D eigenvalue weighted by molar-refractivity contribution is 14.1. The molecule has 0 aliphatic heterocycles. The summed E-state index contributed by atoms with van der Waals surface area (Å²) in [4.78, 5) is 13.1. The Morgan fingerprint density at radius 1 is 1.35 bits per heavy atom. The van der Waals surface area contributed by atoms with Gasteiger partial charge in [-0.1, -0.05) is 6.92 Å². The van der Waals surface area contributed by atoms with Crippen LogP contribution in [0.3, 0.4) is 0 Å². The van der Waals surface area contributed by atoms with E-state index in [1.807, 2.05) is 19.1 Å². The summed E-state index contributed by atoms with van der Waals surface area (Å²) in [6, 6.07) is 3.90. The molecule has 4 nitrogen and oxygen atoms in total. The molecule has 0 atom stereocenters. The van der Waals surface area contributed by atoms with Gasteiger partial charge >= 0.3 is 0 Å². The summed E-state index contributed by atoms with van der Waals surface area (Å²) in [5.41, 5.74) is 8.75. The van der Waals surface area contributed by atoms with Crippen molar-refractivity contribution in [2.24, 2.45) is 0 Å². The normalized spacial score (nSPS) is 10.5. The lowest BCUT2D eigenvalue weighted by molar-refractivity contribution is 0.987. The minimum atomic E-state index is 0.524. The molecule has 17 heavy (non-hydrogen) atoms. The van der Waals surface area contributed by atoms with Crippen molar-refractivity contribution in [3.8, 4) is 11.5 Å². The summed E-state index contributed by atoms with van der Waals surface area (Å²) in [5.74, 6) is 1.12. The largest absolute Gasteiger partial charge is 0.383 e. The molecule has 2 aromatic rings. The first-order chi connectivity index (χ1) is 8.11. The molecule has 2 N–H and O–H groups in total. The predicted molar refractivity (Wildman–Crippen MR) is 76.5 cm³/mol. The number of pyridine rings is 1. The first-order valence-corrected chi connectivity index (χ1v) is 6.44. The van der Waals surface area contributed by atoms with E-state index in [-0.39, 0.29) is 0 Å². The van der Waals surface area contributed by atoms with Crippen molar-refractivity contribution in [2.75, 3.05) is 5.73 Å². The van der Waals surface area contributed by atoms with Gasteiger partial charge in [0.2, 0.25) is 0 Å². The average Bonchev–Trinajstić information content (AvgIpc) is 2.32. The number of hydrogen-bond acceptors (Lipinski definition) is 4. The molecular formula is C12H13IN4. The highest BCUT2D eigenvalue weighted by Crippen LogP contribution is 2.21. The van der Waals surface area contributed by atoms with E-state index in [9.17, 15) is 0 Å². The van der Waals surface area contributed by atoms with Gasteiger partial charge in [-0.3, -0.25) is 4.98 Å². The zero-order valence-electron chi connectivity index (χ0n) is 9.74. The molecule has 0 aromatic carbocycles. The molecule has 0 saturated heterocycles. The summed E-state index contributed by atoms with van der Waals surface area (Å²) in [5, 5.41) is 0. The number of nitrogen functional groups attached to an aromatic ring is 1. The minimum Gasteiger partial charge on any atom is -0.383 e. The first kappa shape index (κ1) is 12.2. The Hall–Kier alpha value is -1.24. The van der Waals surface area contributed by atoms with Crippen molar-refractivity contribution in [1.82, 2.24) is 15.0 Å². The number of hydrogen-bond donors (Lipinski definition) is 1. The monoisotopic (exact) mass is 340 g/mol. The van der Waals surface area contributed by atoms with Crippen molar-refractivity contribution < 1.29 is 0 Å². The van der Waals surface area contributed by atoms with Crippen LogP contribution in [0.2, 0.25) is 0 Å². The van der Waals surface area contributed by atoms with E-state index in [1.165, 1.54) is 0 Å². The maximum atomic E-state index is 5.89. The van der Waals surface area contributed by atoms with Crippen molar-refractivity contribution >= 4 is 28.4 Å². The fourth-order valence-electron chi connectivity index (χ4n) is 1.52. The highest BCUT2D eigenvalue weighted by Gasteiger charge is 2.10. The predicted octanol–water partition coefficient (Wildman–Crippen LogP) is 2.60. The van der Waals surface area contributed by atoms with Crippen LogP contribution in [0.1, 0.15) is 18.2 Å². The van der Waals surface area contributed by atoms with Crippen LogP contribution >= 0.6 is 22.6 Å². The summed E-state index contributed by atoms with van der Waals surface area (Å²) in [6.07, 6.45) is 2.59. The van der Waals surface area contributed by atoms with Crippen molar-refractivity contribution in [1.29, 1.82) is 0 Å². The Bertz CT molecular complexity index is 554. The van der Waals surface area contributed by atoms with Gasteiger partial charge in [0.15, 0.2) is 5.82 Å². The SMILES string of the molecule is CCc1nc(-c2cc(C)ccn2)nc(N)c1I. The second-order valence-electron chi connectivity index (χ2n) is 3.77. The zero-order valence-corrected chi connectivity index (χ0v) is 11.9. The molecule has 2 heterocycles. The summed E-state index contributed by atoms with van der Waals surface area (Å²) < 4.78 is 0.932. The molecule has 0 fully saturated rings. The third-order valence-electron chi connectivity index (χ3n) is 2.42. The molecule has 0 radical (unpaired) electrons. The number of aryl methyl sites for hydroxylation is 2. The zero-order chi connectivity index (χ0) is 12.4. The molecular weight excluding hydrogens is 327 g/mol. The van der Waals surface area contributed by atoms with Crippen molar-refractivity contribution in [2.45, 2.75) is 20.3 Å². The maximum absolute atomic E-state index is 5.89. The molecule has 2 rings (SSSR count). The molecule has 0 spiro atoms. The summed E-state index contributed by atoms with van der Waals surface area (Å²) in [6.45, 7) is 4.07. The molecule has 88 valence electrons. The van der Waals surface area contributed by atoms with Crippen LogP contribution in [0.5, 0.6) is 0 Å². The van der Waals surface area contributed by atoms with Crippen LogP contribution in [0.4, 0.5) is 5.82 Å². The number of anilines is 1. The maximum Gasteiger partial charge on any atom is 0.180 e. The fraction of sp³-hybridized carbons (Fsp3) is 0.250. The topological polar surface area (TPSA) is 64.7 Å². The molecule has 5 heteroatoms. The highest BCUT2D eigenvalue weighted by atomic mass is 127. The summed E-state index contributed by atoms with van der Waals surface area (Å²) >= 11 is 2.18. The standard InChI is InChI=1S/C12H13IN4/c1-3-8-10(13)11(14)17-12(16-8)9-6-7(2)4-5-15-9/h4-6H,3H2,1-2H3,(H2,14,16,17). The van der Waals surface area contributed by atoms with Crippen LogP contribution < -0.4 is 5.73 Å². The van der Waals surface area contributed by atoms with Gasteiger partial charge in [-0.05, 0) is 53.6 Å². The van der Waals surface area contributed by atoms with E-state index >= 15 is 0 Å². The number of rotatable bonds is 2. The van der Waals surface area contributed by atoms with Gasteiger partial charge in [0.05, 0.1) is 9.26 Å². The number of nitrogens with zero attached hydrogens (tertiary/aromatic N) is 3. The second kappa shape index (κ2) is 4.95. The van der Waals surface area contributed by atoms with Gasteiger partial charge in [-0.25, -0.2) is 9.97 Å². The number of aromatic nitrogens is 3. The Kier molecular flexibility index (Phi) is 3.56. The van der Waals surface area contributed by atoms with E-state index < -0.39 is 0 Å². The lowest BCUT2D eigenvalue weighted by Crippen LogP contribution is -2.05. The van der Waals surface area contributed by atoms with Crippen LogP contribution in [0.15, 0.2) is 18.3 Å². The Balaban J connectivity index is 2.56. The van der Waals surface area contributed by atoms with Crippen molar-refractivity contribution in [3.63, 3.8) is 0 Å². The average molecular weight is 340 g/mol. The Morgan fingerprint density at radius 3 is 2.76 bits per heavy atom. The lowest BCUT2D eigenvalue weighted by Gasteiger charge is -2.07. The van der Waals surface area contributed by atoms with Gasteiger partial charge in [0.1, 0.15) is 11.5 Å². The first-order valence-electron chi connectivity index (χ1n) is 5.36. The van der Waals surface area contributed by atoms with E-state index in [2.05, 4.69) is 44.5 Å². The van der Waals surface area contributed by atoms with E-state index in [4.69, 9.17) is 5.73 Å². The van der Waals surface area contributed by atoms with Gasteiger partial charge in [-0.15, -0.1) is 0 Å². The molecule has 0 aliphatic rings. The number of nitrogens with two attached hydrogens (primary N) is 1. The fourth-order valence-corrected chi connectivity index (χ4v) is 2.14. The second-order valence-corrected chi connectivity index (χ2v) is 4.84. The summed E-state index contributed by atoms with van der Waals surface area (Å²) in [7, 11) is 0. The van der Waals surface area contributed by atoms with Gasteiger partial charge in [0.25, 0.3) is 0 Å². The van der Waals surface area contributed by atoms with Crippen LogP contribution in [0.25, 0.3) is 11.5 Å². The van der Waals surface area contributed by atoms with E-state index in [1.54, 1.807) is 6.20 Å². The molecule has 2 aromatic heterocycles. The molecule has 0 amide bonds. The minimum absolute atomic E-state index is 0.524. The smallest absolute Gasteiger partial charge is 0.180 e. The number of halogens is 1. The van der Waals surface area contributed by atoms with Gasteiger partial charge in [0, 0.05) is 6.20 Å². The molecule has 0 bridgehead atoms. The van der Waals surface area contributed by atoms with E-state index in [0.717, 1.165) is 26.9 Å². The third kappa shape index (κ3) is 2.54. The van der Waals surface area contributed by atoms with Gasteiger partial charge in [-0.2, -0.15) is 0 Å². The van der Waals surface area contributed by atoms with Gasteiger partial charge < -0.3 is 5.73 Å². The molecule has 0 aliphatic carbocycles. The Labute approximate surface area is 114 Å². The molecule has 0 unspecified atom stereocenters. The van der Waals surface area contributed by atoms with E-state index in [0.29, 0.717) is 11.6 Å².